The molecule has 3 aliphatic rings. The van der Waals surface area contributed by atoms with Gasteiger partial charge in [-0.25, -0.2) is 0 Å². The summed E-state index contributed by atoms with van der Waals surface area (Å²) in [4.78, 5) is 0. The Hall–Kier alpha value is 0.363. The van der Waals surface area contributed by atoms with Crippen LogP contribution in [0.1, 0.15) is 39.5 Å². The summed E-state index contributed by atoms with van der Waals surface area (Å²) in [6.07, 6.45) is 31.5. The Labute approximate surface area is 153 Å². The SMILES string of the molecule is C[C-]=C1CCCCC1=[C-]C.[CH]1[CH][CH][CH][CH]1.[CH]1[CH][CH][CH][CH]1.[Zr+2]. The molecule has 0 saturated heterocycles. The Morgan fingerprint density at radius 3 is 1.00 bits per heavy atom. The van der Waals surface area contributed by atoms with Crippen molar-refractivity contribution < 1.29 is 26.2 Å². The van der Waals surface area contributed by atoms with E-state index >= 15 is 0 Å². The quantitative estimate of drug-likeness (QED) is 0.530. The molecule has 108 valence electrons. The summed E-state index contributed by atoms with van der Waals surface area (Å²) in [5.41, 5.74) is 2.79. The average Bonchev–Trinajstić information content (AvgIpc) is 3.23. The third-order valence-electron chi connectivity index (χ3n) is 3.18. The maximum atomic E-state index is 3.22. The first kappa shape index (κ1) is 21.4. The Morgan fingerprint density at radius 1 is 0.571 bits per heavy atom. The van der Waals surface area contributed by atoms with Crippen LogP contribution in [-0.2, 0) is 26.2 Å². The summed E-state index contributed by atoms with van der Waals surface area (Å²) in [5.74, 6) is 0. The topological polar surface area (TPSA) is 0 Å². The van der Waals surface area contributed by atoms with Crippen molar-refractivity contribution >= 4 is 0 Å². The van der Waals surface area contributed by atoms with Crippen LogP contribution in [0.2, 0.25) is 0 Å². The van der Waals surface area contributed by atoms with Crippen LogP contribution in [0.5, 0.6) is 0 Å². The molecule has 0 spiro atoms. The molecule has 0 heterocycles. The van der Waals surface area contributed by atoms with Crippen LogP contribution < -0.4 is 0 Å². The largest absolute Gasteiger partial charge is 2.00 e. The van der Waals surface area contributed by atoms with E-state index in [2.05, 4.69) is 12.2 Å². The average molecular weight is 356 g/mol. The maximum Gasteiger partial charge on any atom is 2.00 e. The fraction of sp³-hybridized carbons (Fsp3) is 0.300. The molecular formula is C20H24Zr. The van der Waals surface area contributed by atoms with E-state index in [-0.39, 0.29) is 26.2 Å². The van der Waals surface area contributed by atoms with Gasteiger partial charge < -0.3 is 23.3 Å². The molecule has 0 aromatic heterocycles. The molecule has 3 aliphatic carbocycles. The normalized spacial score (nSPS) is 24.7. The molecule has 21 heavy (non-hydrogen) atoms. The van der Waals surface area contributed by atoms with Crippen molar-refractivity contribution in [1.82, 2.24) is 0 Å². The summed E-state index contributed by atoms with van der Waals surface area (Å²) >= 11 is 0. The van der Waals surface area contributed by atoms with Gasteiger partial charge in [0.05, 0.1) is 0 Å². The van der Waals surface area contributed by atoms with E-state index in [1.54, 1.807) is 0 Å². The van der Waals surface area contributed by atoms with Crippen LogP contribution in [0.3, 0.4) is 0 Å². The third-order valence-corrected chi connectivity index (χ3v) is 3.18. The fourth-order valence-corrected chi connectivity index (χ4v) is 2.10. The molecule has 0 bridgehead atoms. The predicted molar refractivity (Wildman–Crippen MR) is 86.3 cm³/mol. The molecule has 0 aromatic rings. The summed E-state index contributed by atoms with van der Waals surface area (Å²) in [6, 6.07) is 0. The Morgan fingerprint density at radius 2 is 0.810 bits per heavy atom. The smallest absolute Gasteiger partial charge is 0.376 e. The molecule has 3 fully saturated rings. The van der Waals surface area contributed by atoms with Crippen molar-refractivity contribution in [1.29, 1.82) is 0 Å². The second kappa shape index (κ2) is 15.3. The fourth-order valence-electron chi connectivity index (χ4n) is 2.10. The van der Waals surface area contributed by atoms with E-state index in [1.807, 2.05) is 78.1 Å². The van der Waals surface area contributed by atoms with E-state index in [1.165, 1.54) is 36.8 Å². The summed E-state index contributed by atoms with van der Waals surface area (Å²) < 4.78 is 0. The van der Waals surface area contributed by atoms with E-state index < -0.39 is 0 Å². The molecule has 3 saturated carbocycles. The van der Waals surface area contributed by atoms with E-state index in [0.717, 1.165) is 0 Å². The molecule has 0 nitrogen and oxygen atoms in total. The van der Waals surface area contributed by atoms with Gasteiger partial charge in [0, 0.05) is 0 Å². The second-order valence-corrected chi connectivity index (χ2v) is 4.59. The summed E-state index contributed by atoms with van der Waals surface area (Å²) in [5, 5.41) is 0. The standard InChI is InChI=1S/C10H14.2C5H5.Zr/c1-3-9-7-5-6-8-10(9)4-2;2*1-2-4-5-3-1;/h5-8H2,1-2H3;2*1-5H;/q-2;;;+2. The van der Waals surface area contributed by atoms with Gasteiger partial charge in [0.2, 0.25) is 0 Å². The van der Waals surface area contributed by atoms with Crippen molar-refractivity contribution in [3.63, 3.8) is 0 Å². The van der Waals surface area contributed by atoms with Gasteiger partial charge in [-0.05, 0) is 64.2 Å². The number of hydrogen-bond donors (Lipinski definition) is 0. The van der Waals surface area contributed by atoms with E-state index in [9.17, 15) is 0 Å². The zero-order valence-corrected chi connectivity index (χ0v) is 15.6. The number of rotatable bonds is 0. The van der Waals surface area contributed by atoms with Crippen molar-refractivity contribution in [2.45, 2.75) is 39.5 Å². The van der Waals surface area contributed by atoms with Gasteiger partial charge in [0.15, 0.2) is 0 Å². The van der Waals surface area contributed by atoms with Crippen LogP contribution in [0, 0.1) is 76.4 Å². The Balaban J connectivity index is 0.000000307. The predicted octanol–water partition coefficient (Wildman–Crippen LogP) is 5.10. The van der Waals surface area contributed by atoms with Crippen LogP contribution in [0.25, 0.3) is 0 Å². The van der Waals surface area contributed by atoms with Crippen molar-refractivity contribution in [2.24, 2.45) is 0 Å². The molecule has 3 rings (SSSR count). The molecule has 0 unspecified atom stereocenters. The van der Waals surface area contributed by atoms with Gasteiger partial charge in [-0.2, -0.15) is 0 Å². The van der Waals surface area contributed by atoms with Gasteiger partial charge in [-0.3, -0.25) is 0 Å². The molecular weight excluding hydrogens is 331 g/mol. The third kappa shape index (κ3) is 10.7. The van der Waals surface area contributed by atoms with Gasteiger partial charge in [0.1, 0.15) is 0 Å². The molecule has 0 N–H and O–H groups in total. The van der Waals surface area contributed by atoms with Gasteiger partial charge in [-0.15, -0.1) is 26.7 Å². The summed E-state index contributed by atoms with van der Waals surface area (Å²) in [7, 11) is 0. The van der Waals surface area contributed by atoms with Gasteiger partial charge in [-0.1, -0.05) is 12.8 Å². The minimum atomic E-state index is 0. The van der Waals surface area contributed by atoms with E-state index in [4.69, 9.17) is 0 Å². The van der Waals surface area contributed by atoms with Crippen molar-refractivity contribution in [3.05, 3.63) is 87.5 Å². The van der Waals surface area contributed by atoms with Crippen molar-refractivity contribution in [2.75, 3.05) is 0 Å². The van der Waals surface area contributed by atoms with Gasteiger partial charge >= 0.3 is 26.2 Å². The van der Waals surface area contributed by atoms with Crippen molar-refractivity contribution in [3.8, 4) is 0 Å². The molecule has 0 amide bonds. The van der Waals surface area contributed by atoms with E-state index in [0.29, 0.717) is 0 Å². The van der Waals surface area contributed by atoms with Crippen LogP contribution in [0.15, 0.2) is 11.1 Å². The minimum absolute atomic E-state index is 0. The van der Waals surface area contributed by atoms with Crippen LogP contribution in [-0.4, -0.2) is 0 Å². The second-order valence-electron chi connectivity index (χ2n) is 4.59. The maximum absolute atomic E-state index is 3.22. The number of hydrogen-bond acceptors (Lipinski definition) is 0. The Kier molecular flexibility index (Phi) is 15.5. The monoisotopic (exact) mass is 354 g/mol. The molecule has 0 atom stereocenters. The zero-order valence-electron chi connectivity index (χ0n) is 13.1. The molecule has 1 heteroatoms. The van der Waals surface area contributed by atoms with Crippen LogP contribution in [0.4, 0.5) is 0 Å². The molecule has 0 aliphatic heterocycles. The zero-order chi connectivity index (χ0) is 14.5. The molecule has 10 radical (unpaired) electrons. The first-order chi connectivity index (χ1) is 9.88. The number of allylic oxidation sites excluding steroid dienone is 4. The first-order valence-electron chi connectivity index (χ1n) is 7.29. The van der Waals surface area contributed by atoms with Crippen LogP contribution >= 0.6 is 0 Å². The molecule has 0 aromatic carbocycles. The first-order valence-corrected chi connectivity index (χ1v) is 7.29. The minimum Gasteiger partial charge on any atom is -0.376 e. The summed E-state index contributed by atoms with van der Waals surface area (Å²) in [6.45, 7) is 4.00. The Bertz CT molecular complexity index is 235. The van der Waals surface area contributed by atoms with Gasteiger partial charge in [0.25, 0.3) is 0 Å².